The molecular weight excluding hydrogens is 328 g/mol. The minimum absolute atomic E-state index is 0.0787. The molecular formula is C16H24N4O5. The Kier molecular flexibility index (Phi) is 7.51. The summed E-state index contributed by atoms with van der Waals surface area (Å²) in [6.45, 7) is 5.51. The Bertz CT molecular complexity index is 618. The summed E-state index contributed by atoms with van der Waals surface area (Å²) >= 11 is 0. The molecule has 0 unspecified atom stereocenters. The van der Waals surface area contributed by atoms with Crippen molar-refractivity contribution in [3.8, 4) is 17.2 Å². The predicted octanol–water partition coefficient (Wildman–Crippen LogP) is 2.03. The Morgan fingerprint density at radius 2 is 1.64 bits per heavy atom. The van der Waals surface area contributed by atoms with Crippen molar-refractivity contribution >= 4 is 23.6 Å². The lowest BCUT2D eigenvalue weighted by Crippen LogP contribution is -2.41. The Hall–Kier alpha value is -2.97. The third-order valence-electron chi connectivity index (χ3n) is 2.82. The minimum atomic E-state index is -0.624. The van der Waals surface area contributed by atoms with E-state index in [1.165, 1.54) is 24.0 Å². The average molecular weight is 352 g/mol. The zero-order valence-electron chi connectivity index (χ0n) is 15.1. The molecule has 0 fully saturated rings. The molecule has 138 valence electrons. The topological polar surface area (TPSA) is 113 Å². The number of carbonyl (C=O) groups excluding carboxylic acids is 2. The van der Waals surface area contributed by atoms with Crippen molar-refractivity contribution in [2.24, 2.45) is 0 Å². The van der Waals surface area contributed by atoms with Crippen molar-refractivity contribution in [2.75, 3.05) is 32.6 Å². The van der Waals surface area contributed by atoms with Crippen LogP contribution in [0.15, 0.2) is 12.1 Å². The lowest BCUT2D eigenvalue weighted by Gasteiger charge is -2.19. The molecule has 0 bridgehead atoms. The molecule has 0 atom stereocenters. The highest BCUT2D eigenvalue weighted by Crippen LogP contribution is 2.39. The first kappa shape index (κ1) is 20.1. The zero-order chi connectivity index (χ0) is 19.0. The van der Waals surface area contributed by atoms with Gasteiger partial charge in [-0.2, -0.15) is 0 Å². The van der Waals surface area contributed by atoms with Gasteiger partial charge >= 0.3 is 12.0 Å². The van der Waals surface area contributed by atoms with Crippen LogP contribution in [0.2, 0.25) is 0 Å². The molecule has 1 aromatic rings. The number of guanidine groups is 1. The van der Waals surface area contributed by atoms with Gasteiger partial charge in [0, 0.05) is 33.2 Å². The lowest BCUT2D eigenvalue weighted by atomic mass is 10.2. The number of urea groups is 1. The van der Waals surface area contributed by atoms with Crippen LogP contribution in [0, 0.1) is 5.41 Å². The summed E-state index contributed by atoms with van der Waals surface area (Å²) in [5.41, 5.74) is 0.281. The van der Waals surface area contributed by atoms with Crippen LogP contribution in [0.5, 0.6) is 17.2 Å². The number of hydrogen-bond donors (Lipinski definition) is 3. The highest BCUT2D eigenvalue weighted by atomic mass is 16.5. The average Bonchev–Trinajstić information content (AvgIpc) is 2.50. The number of anilines is 1. The first-order valence-corrected chi connectivity index (χ1v) is 7.74. The number of ether oxygens (including phenoxy) is 3. The van der Waals surface area contributed by atoms with E-state index in [2.05, 4.69) is 10.6 Å². The molecule has 0 aliphatic heterocycles. The third-order valence-corrected chi connectivity index (χ3v) is 2.82. The first-order valence-electron chi connectivity index (χ1n) is 7.74. The molecule has 2 amide bonds. The summed E-state index contributed by atoms with van der Waals surface area (Å²) in [5.74, 6) is 0.256. The van der Waals surface area contributed by atoms with Crippen molar-refractivity contribution in [3.63, 3.8) is 0 Å². The molecule has 25 heavy (non-hydrogen) atoms. The van der Waals surface area contributed by atoms with Gasteiger partial charge in [0.25, 0.3) is 0 Å². The maximum Gasteiger partial charge on any atom is 0.326 e. The number of esters is 1. The quantitative estimate of drug-likeness (QED) is 0.312. The van der Waals surface area contributed by atoms with E-state index in [-0.39, 0.29) is 28.9 Å². The standard InChI is InChI=1S/C16H24N4O5/c1-6-23-12-8-11(25-10(3)21)9-13(24-7-2)14(12)18-16(22)19-15(17)20(4)5/h8-9H,6-7H2,1-5H3,(H3,17,18,19,22). The van der Waals surface area contributed by atoms with Crippen molar-refractivity contribution in [1.29, 1.82) is 5.41 Å². The third kappa shape index (κ3) is 6.21. The van der Waals surface area contributed by atoms with Crippen LogP contribution in [0.1, 0.15) is 20.8 Å². The molecule has 1 rings (SSSR count). The fraction of sp³-hybridized carbons (Fsp3) is 0.438. The minimum Gasteiger partial charge on any atom is -0.491 e. The number of carbonyl (C=O) groups is 2. The molecule has 0 radical (unpaired) electrons. The van der Waals surface area contributed by atoms with E-state index in [1.54, 1.807) is 27.9 Å². The van der Waals surface area contributed by atoms with Gasteiger partial charge in [0.05, 0.1) is 13.2 Å². The fourth-order valence-electron chi connectivity index (χ4n) is 1.82. The summed E-state index contributed by atoms with van der Waals surface area (Å²) in [7, 11) is 3.27. The van der Waals surface area contributed by atoms with E-state index in [1.807, 2.05) is 0 Å². The Morgan fingerprint density at radius 1 is 1.12 bits per heavy atom. The lowest BCUT2D eigenvalue weighted by molar-refractivity contribution is -0.131. The molecule has 9 heteroatoms. The second-order valence-corrected chi connectivity index (χ2v) is 5.08. The largest absolute Gasteiger partial charge is 0.491 e. The molecule has 0 saturated carbocycles. The summed E-state index contributed by atoms with van der Waals surface area (Å²) in [6, 6.07) is 2.35. The first-order chi connectivity index (χ1) is 11.8. The van der Waals surface area contributed by atoms with Gasteiger partial charge in [-0.05, 0) is 13.8 Å². The Morgan fingerprint density at radius 3 is 2.04 bits per heavy atom. The van der Waals surface area contributed by atoms with Crippen LogP contribution in [0.4, 0.5) is 10.5 Å². The second kappa shape index (κ2) is 9.36. The molecule has 1 aromatic carbocycles. The van der Waals surface area contributed by atoms with Crippen molar-refractivity contribution in [1.82, 2.24) is 10.2 Å². The van der Waals surface area contributed by atoms with Crippen LogP contribution in [-0.4, -0.2) is 50.2 Å². The summed E-state index contributed by atoms with van der Waals surface area (Å²) in [4.78, 5) is 24.7. The SMILES string of the molecule is CCOc1cc(OC(C)=O)cc(OCC)c1NC(=O)NC(=N)N(C)C. The van der Waals surface area contributed by atoms with Crippen LogP contribution in [0.3, 0.4) is 0 Å². The monoisotopic (exact) mass is 352 g/mol. The molecule has 0 aromatic heterocycles. The van der Waals surface area contributed by atoms with E-state index in [4.69, 9.17) is 19.6 Å². The van der Waals surface area contributed by atoms with E-state index in [0.717, 1.165) is 0 Å². The maximum absolute atomic E-state index is 12.1. The van der Waals surface area contributed by atoms with Gasteiger partial charge in [0.15, 0.2) is 5.96 Å². The fourth-order valence-corrected chi connectivity index (χ4v) is 1.82. The molecule has 3 N–H and O–H groups in total. The summed E-state index contributed by atoms with van der Waals surface area (Å²) in [5, 5.41) is 12.6. The van der Waals surface area contributed by atoms with Gasteiger partial charge in [-0.1, -0.05) is 0 Å². The molecule has 9 nitrogen and oxygen atoms in total. The van der Waals surface area contributed by atoms with Gasteiger partial charge in [-0.3, -0.25) is 15.5 Å². The van der Waals surface area contributed by atoms with Crippen LogP contribution < -0.4 is 24.8 Å². The number of rotatable bonds is 6. The number of benzene rings is 1. The van der Waals surface area contributed by atoms with Crippen LogP contribution in [0.25, 0.3) is 0 Å². The van der Waals surface area contributed by atoms with Crippen LogP contribution >= 0.6 is 0 Å². The van der Waals surface area contributed by atoms with Crippen molar-refractivity contribution < 1.29 is 23.8 Å². The van der Waals surface area contributed by atoms with Gasteiger partial charge in [0.2, 0.25) is 0 Å². The normalized spacial score (nSPS) is 9.80. The highest BCUT2D eigenvalue weighted by Gasteiger charge is 2.18. The predicted molar refractivity (Wildman–Crippen MR) is 93.7 cm³/mol. The Balaban J connectivity index is 3.18. The van der Waals surface area contributed by atoms with Gasteiger partial charge < -0.3 is 24.4 Å². The molecule has 0 spiro atoms. The number of amides is 2. The van der Waals surface area contributed by atoms with E-state index >= 15 is 0 Å². The number of hydrogen-bond acceptors (Lipinski definition) is 6. The van der Waals surface area contributed by atoms with Crippen molar-refractivity contribution in [3.05, 3.63) is 12.1 Å². The molecule has 0 saturated heterocycles. The maximum atomic E-state index is 12.1. The molecule has 0 aliphatic carbocycles. The Labute approximate surface area is 146 Å². The van der Waals surface area contributed by atoms with E-state index < -0.39 is 12.0 Å². The number of nitrogens with zero attached hydrogens (tertiary/aromatic N) is 1. The number of nitrogens with one attached hydrogen (secondary N) is 3. The van der Waals surface area contributed by atoms with E-state index in [9.17, 15) is 9.59 Å². The highest BCUT2D eigenvalue weighted by molar-refractivity contribution is 6.02. The van der Waals surface area contributed by atoms with E-state index in [0.29, 0.717) is 13.2 Å². The molecule has 0 aliphatic rings. The van der Waals surface area contributed by atoms with Crippen LogP contribution in [-0.2, 0) is 4.79 Å². The smallest absolute Gasteiger partial charge is 0.326 e. The molecule has 0 heterocycles. The van der Waals surface area contributed by atoms with Crippen molar-refractivity contribution in [2.45, 2.75) is 20.8 Å². The van der Waals surface area contributed by atoms with Gasteiger partial charge in [0.1, 0.15) is 22.9 Å². The van der Waals surface area contributed by atoms with Gasteiger partial charge in [-0.25, -0.2) is 4.79 Å². The summed E-state index contributed by atoms with van der Waals surface area (Å²) < 4.78 is 16.1. The van der Waals surface area contributed by atoms with Gasteiger partial charge in [-0.15, -0.1) is 0 Å². The zero-order valence-corrected chi connectivity index (χ0v) is 15.1. The summed E-state index contributed by atoms with van der Waals surface area (Å²) in [6.07, 6.45) is 0. The second-order valence-electron chi connectivity index (χ2n) is 5.08.